The van der Waals surface area contributed by atoms with Crippen LogP contribution in [0.4, 0.5) is 17.1 Å². The fourth-order valence-electron chi connectivity index (χ4n) is 11.7. The largest absolute Gasteiger partial charge is 0.455 e. The Bertz CT molecular complexity index is 3640. The van der Waals surface area contributed by atoms with E-state index in [2.05, 4.69) is 278 Å². The maximum atomic E-state index is 6.92. The number of furan rings is 1. The van der Waals surface area contributed by atoms with Crippen molar-refractivity contribution < 1.29 is 4.42 Å². The summed E-state index contributed by atoms with van der Waals surface area (Å²) < 4.78 is 6.92. The quantitative estimate of drug-likeness (QED) is 0.106. The summed E-state index contributed by atoms with van der Waals surface area (Å²) in [5.41, 5.74) is 11.9. The Balaban J connectivity index is 1.13. The second kappa shape index (κ2) is 16.1. The molecule has 0 N–H and O–H groups in total. The van der Waals surface area contributed by atoms with Gasteiger partial charge in [-0.1, -0.05) is 243 Å². The molecule has 12 aromatic rings. The lowest BCUT2D eigenvalue weighted by Crippen LogP contribution is -2.74. The average Bonchev–Trinajstić information content (AvgIpc) is 3.96. The molecule has 1 aromatic heterocycles. The first kappa shape index (κ1) is 39.8. The number of hydrogen-bond donors (Lipinski definition) is 0. The van der Waals surface area contributed by atoms with Gasteiger partial charge >= 0.3 is 0 Å². The van der Waals surface area contributed by atoms with Crippen molar-refractivity contribution in [2.45, 2.75) is 5.41 Å². The number of hydrogen-bond acceptors (Lipinski definition) is 2. The lowest BCUT2D eigenvalue weighted by molar-refractivity contribution is 0.672. The van der Waals surface area contributed by atoms with Crippen molar-refractivity contribution in [1.82, 2.24) is 0 Å². The number of nitrogens with zero attached hydrogens (tertiary/aromatic N) is 1. The van der Waals surface area contributed by atoms with Crippen molar-refractivity contribution in [3.8, 4) is 11.1 Å². The number of benzene rings is 11. The highest BCUT2D eigenvalue weighted by Crippen LogP contribution is 2.60. The summed E-state index contributed by atoms with van der Waals surface area (Å²) in [5.74, 6) is 0. The van der Waals surface area contributed by atoms with Gasteiger partial charge in [-0.3, -0.25) is 0 Å². The predicted molar refractivity (Wildman–Crippen MR) is 287 cm³/mol. The van der Waals surface area contributed by atoms with Gasteiger partial charge in [-0.05, 0) is 84.3 Å². The van der Waals surface area contributed by atoms with E-state index >= 15 is 0 Å². The molecule has 0 atom stereocenters. The summed E-state index contributed by atoms with van der Waals surface area (Å²) in [6.07, 6.45) is 0. The lowest BCUT2D eigenvalue weighted by Gasteiger charge is -2.35. The monoisotopic (exact) mass is 883 g/mol. The number of rotatable bonds is 9. The molecule has 13 rings (SSSR count). The van der Waals surface area contributed by atoms with Crippen molar-refractivity contribution in [1.29, 1.82) is 0 Å². The molecule has 0 saturated heterocycles. The zero-order valence-corrected chi connectivity index (χ0v) is 38.3. The molecule has 3 heteroatoms. The second-order valence-electron chi connectivity index (χ2n) is 17.9. The molecule has 0 fully saturated rings. The van der Waals surface area contributed by atoms with E-state index in [1.54, 1.807) is 0 Å². The minimum absolute atomic E-state index is 0.562. The van der Waals surface area contributed by atoms with Gasteiger partial charge in [0, 0.05) is 22.0 Å². The zero-order valence-electron chi connectivity index (χ0n) is 37.3. The van der Waals surface area contributed by atoms with Gasteiger partial charge in [0.2, 0.25) is 0 Å². The molecule has 11 aromatic carbocycles. The lowest BCUT2D eigenvalue weighted by atomic mass is 9.68. The van der Waals surface area contributed by atoms with Crippen LogP contribution < -0.4 is 25.6 Å². The fraction of sp³-hybridized carbons (Fsp3) is 0.0154. The third kappa shape index (κ3) is 5.89. The van der Waals surface area contributed by atoms with Gasteiger partial charge in [0.05, 0.1) is 22.2 Å². The van der Waals surface area contributed by atoms with Crippen LogP contribution in [0.3, 0.4) is 0 Å². The first-order valence-corrected chi connectivity index (χ1v) is 25.5. The number of para-hydroxylation sites is 1. The Morgan fingerprint density at radius 1 is 0.368 bits per heavy atom. The highest BCUT2D eigenvalue weighted by molar-refractivity contribution is 7.19. The van der Waals surface area contributed by atoms with Crippen molar-refractivity contribution in [3.05, 3.63) is 295 Å². The van der Waals surface area contributed by atoms with Crippen LogP contribution in [0.1, 0.15) is 22.3 Å². The van der Waals surface area contributed by atoms with Crippen LogP contribution in [0.25, 0.3) is 43.8 Å². The van der Waals surface area contributed by atoms with E-state index in [9.17, 15) is 0 Å². The smallest absolute Gasteiger partial charge is 0.179 e. The first-order chi connectivity index (χ1) is 33.8. The van der Waals surface area contributed by atoms with Gasteiger partial charge in [-0.25, -0.2) is 0 Å². The number of anilines is 3. The van der Waals surface area contributed by atoms with Crippen molar-refractivity contribution in [3.63, 3.8) is 0 Å². The maximum Gasteiger partial charge on any atom is 0.179 e. The molecule has 0 amide bonds. The molecule has 0 aliphatic heterocycles. The third-order valence-electron chi connectivity index (χ3n) is 14.5. The Kier molecular flexibility index (Phi) is 9.45. The fourth-order valence-corrected chi connectivity index (χ4v) is 16.5. The highest BCUT2D eigenvalue weighted by Gasteiger charge is 2.48. The third-order valence-corrected chi connectivity index (χ3v) is 19.3. The summed E-state index contributed by atoms with van der Waals surface area (Å²) in [7, 11) is -2.81. The van der Waals surface area contributed by atoms with Crippen LogP contribution in [0.2, 0.25) is 0 Å². The minimum atomic E-state index is -2.81. The molecule has 0 bridgehead atoms. The SMILES string of the molecule is c1ccc(C2(c3ccccc3)c3ccccc3-c3c(N(c4ccc([Si](c5ccccc5)(c5ccccc5)c5ccccc5)cc4)c4cc5ccccc5c5oc6ccccc6c45)cccc32)cc1. The van der Waals surface area contributed by atoms with Crippen molar-refractivity contribution in [2.75, 3.05) is 4.90 Å². The van der Waals surface area contributed by atoms with E-state index in [4.69, 9.17) is 4.42 Å². The van der Waals surface area contributed by atoms with E-state index in [1.165, 1.54) is 54.1 Å². The molecule has 2 nitrogen and oxygen atoms in total. The van der Waals surface area contributed by atoms with Gasteiger partial charge < -0.3 is 9.32 Å². The van der Waals surface area contributed by atoms with E-state index < -0.39 is 13.5 Å². The maximum absolute atomic E-state index is 6.92. The molecular weight excluding hydrogens is 839 g/mol. The summed E-state index contributed by atoms with van der Waals surface area (Å²) in [6, 6.07) is 101. The first-order valence-electron chi connectivity index (χ1n) is 23.5. The summed E-state index contributed by atoms with van der Waals surface area (Å²) in [5, 5.41) is 9.75. The molecule has 320 valence electrons. The van der Waals surface area contributed by atoms with Gasteiger partial charge in [0.1, 0.15) is 11.2 Å². The van der Waals surface area contributed by atoms with Crippen LogP contribution in [0, 0.1) is 0 Å². The standard InChI is InChI=1S/C65H45NOSi/c1-6-24-47(25-7-1)65(48-26-8-2-9-27-48)57-37-20-18-35-55(57)62-58(65)38-22-39-59(62)66(60-45-46-23-16-17-34-54(46)64-63(60)56-36-19-21-40-61(56)67-64)49-41-43-53(44-42-49)68(50-28-10-3-11-29-50,51-30-12-4-13-31-51)52-32-14-5-15-33-52/h1-45H. The Hall–Kier alpha value is -8.50. The Morgan fingerprint density at radius 3 is 1.47 bits per heavy atom. The Morgan fingerprint density at radius 2 is 0.853 bits per heavy atom. The van der Waals surface area contributed by atoms with Crippen LogP contribution in [-0.2, 0) is 5.41 Å². The normalized spacial score (nSPS) is 12.8. The van der Waals surface area contributed by atoms with Crippen molar-refractivity contribution >= 4 is 78.6 Å². The van der Waals surface area contributed by atoms with Crippen LogP contribution in [-0.4, -0.2) is 8.07 Å². The molecule has 68 heavy (non-hydrogen) atoms. The summed E-state index contributed by atoms with van der Waals surface area (Å²) >= 11 is 0. The highest BCUT2D eigenvalue weighted by atomic mass is 28.3. The van der Waals surface area contributed by atoms with Gasteiger partial charge in [-0.15, -0.1) is 0 Å². The van der Waals surface area contributed by atoms with Gasteiger partial charge in [0.15, 0.2) is 8.07 Å². The summed E-state index contributed by atoms with van der Waals surface area (Å²) in [4.78, 5) is 2.53. The molecule has 0 spiro atoms. The zero-order chi connectivity index (χ0) is 45.1. The number of fused-ring (bicyclic) bond motifs is 8. The van der Waals surface area contributed by atoms with Crippen molar-refractivity contribution in [2.24, 2.45) is 0 Å². The molecule has 0 unspecified atom stereocenters. The van der Waals surface area contributed by atoms with Gasteiger partial charge in [0.25, 0.3) is 0 Å². The molecule has 1 aliphatic carbocycles. The topological polar surface area (TPSA) is 16.4 Å². The molecular formula is C65H45NOSi. The molecule has 0 saturated carbocycles. The Labute approximate surface area is 397 Å². The van der Waals surface area contributed by atoms with Crippen LogP contribution in [0.5, 0.6) is 0 Å². The molecule has 1 aliphatic rings. The van der Waals surface area contributed by atoms with Gasteiger partial charge in [-0.2, -0.15) is 0 Å². The average molecular weight is 884 g/mol. The van der Waals surface area contributed by atoms with E-state index in [1.807, 2.05) is 0 Å². The molecule has 1 heterocycles. The van der Waals surface area contributed by atoms with E-state index in [-0.39, 0.29) is 0 Å². The summed E-state index contributed by atoms with van der Waals surface area (Å²) in [6.45, 7) is 0. The van der Waals surface area contributed by atoms with Crippen LogP contribution in [0.15, 0.2) is 277 Å². The van der Waals surface area contributed by atoms with Crippen LogP contribution >= 0.6 is 0 Å². The second-order valence-corrected chi connectivity index (χ2v) is 21.7. The predicted octanol–water partition coefficient (Wildman–Crippen LogP) is 13.9. The minimum Gasteiger partial charge on any atom is -0.455 e. The molecule has 0 radical (unpaired) electrons. The van der Waals surface area contributed by atoms with E-state index in [0.717, 1.165) is 49.8 Å². The van der Waals surface area contributed by atoms with E-state index in [0.29, 0.717) is 0 Å².